The van der Waals surface area contributed by atoms with Crippen LogP contribution in [0, 0.1) is 0 Å². The molecule has 0 aliphatic carbocycles. The van der Waals surface area contributed by atoms with Crippen molar-refractivity contribution in [2.75, 3.05) is 25.0 Å². The van der Waals surface area contributed by atoms with Crippen molar-refractivity contribution in [2.45, 2.75) is 19.3 Å². The summed E-state index contributed by atoms with van der Waals surface area (Å²) in [4.78, 5) is 41.6. The molecular formula is C24H21ClN4O4. The van der Waals surface area contributed by atoms with Crippen LogP contribution in [0.1, 0.15) is 48.9 Å². The summed E-state index contributed by atoms with van der Waals surface area (Å²) in [6.07, 6.45) is 2.01. The second kappa shape index (κ2) is 8.04. The third kappa shape index (κ3) is 3.56. The highest BCUT2D eigenvalue weighted by molar-refractivity contribution is 6.30. The molecular weight excluding hydrogens is 444 g/mol. The van der Waals surface area contributed by atoms with Gasteiger partial charge in [-0.25, -0.2) is 9.48 Å². The molecule has 3 heterocycles. The number of halogens is 1. The minimum absolute atomic E-state index is 0.0633. The first-order valence-corrected chi connectivity index (χ1v) is 11.0. The number of fused-ring (bicyclic) bond motifs is 2. The third-order valence-electron chi connectivity index (χ3n) is 6.19. The smallest absolute Gasteiger partial charge is 0.356 e. The van der Waals surface area contributed by atoms with Gasteiger partial charge in [-0.15, -0.1) is 0 Å². The third-order valence-corrected chi connectivity index (χ3v) is 6.43. The molecule has 168 valence electrons. The van der Waals surface area contributed by atoms with Crippen LogP contribution in [-0.2, 0) is 12.8 Å². The number of aromatic nitrogens is 2. The molecule has 0 radical (unpaired) electrons. The molecule has 33 heavy (non-hydrogen) atoms. The molecule has 0 unspecified atom stereocenters. The predicted molar refractivity (Wildman–Crippen MR) is 123 cm³/mol. The van der Waals surface area contributed by atoms with Gasteiger partial charge < -0.3 is 14.9 Å². The quantitative estimate of drug-likeness (QED) is 0.640. The van der Waals surface area contributed by atoms with Gasteiger partial charge in [0.05, 0.1) is 5.69 Å². The Hall–Kier alpha value is -3.65. The molecule has 5 rings (SSSR count). The molecule has 0 fully saturated rings. The number of hydrogen-bond donors (Lipinski definition) is 1. The van der Waals surface area contributed by atoms with E-state index in [9.17, 15) is 19.5 Å². The number of amides is 2. The Morgan fingerprint density at radius 1 is 1.03 bits per heavy atom. The summed E-state index contributed by atoms with van der Waals surface area (Å²) in [6.45, 7) is 0.974. The zero-order valence-electron chi connectivity index (χ0n) is 17.9. The highest BCUT2D eigenvalue weighted by atomic mass is 35.5. The van der Waals surface area contributed by atoms with Crippen molar-refractivity contribution in [1.82, 2.24) is 14.7 Å². The van der Waals surface area contributed by atoms with Gasteiger partial charge in [-0.1, -0.05) is 23.7 Å². The number of carboxylic acids is 1. The molecule has 9 heteroatoms. The number of nitrogens with zero attached hydrogens (tertiary/aromatic N) is 4. The van der Waals surface area contributed by atoms with Crippen LogP contribution >= 0.6 is 11.6 Å². The number of aryl methyl sites for hydroxylation is 1. The van der Waals surface area contributed by atoms with E-state index >= 15 is 0 Å². The first-order valence-electron chi connectivity index (χ1n) is 10.7. The van der Waals surface area contributed by atoms with Crippen LogP contribution < -0.4 is 4.90 Å². The summed E-state index contributed by atoms with van der Waals surface area (Å²) in [5, 5.41) is 14.4. The lowest BCUT2D eigenvalue weighted by molar-refractivity contribution is 0.0688. The van der Waals surface area contributed by atoms with Crippen molar-refractivity contribution in [3.63, 3.8) is 0 Å². The Labute approximate surface area is 195 Å². The average molecular weight is 465 g/mol. The van der Waals surface area contributed by atoms with Crippen LogP contribution in [0.15, 0.2) is 42.5 Å². The number of carbonyl (C=O) groups excluding carboxylic acids is 2. The van der Waals surface area contributed by atoms with E-state index in [2.05, 4.69) is 5.10 Å². The molecule has 2 aliphatic rings. The van der Waals surface area contributed by atoms with Crippen LogP contribution in [0.4, 0.5) is 5.69 Å². The van der Waals surface area contributed by atoms with Gasteiger partial charge in [-0.3, -0.25) is 9.59 Å². The number of benzene rings is 2. The molecule has 3 aromatic rings. The fourth-order valence-corrected chi connectivity index (χ4v) is 4.72. The molecule has 1 N–H and O–H groups in total. The van der Waals surface area contributed by atoms with E-state index in [1.54, 1.807) is 47.2 Å². The summed E-state index contributed by atoms with van der Waals surface area (Å²) in [7, 11) is 1.78. The number of carboxylic acid groups (broad SMARTS) is 1. The highest BCUT2D eigenvalue weighted by Gasteiger charge is 2.35. The van der Waals surface area contributed by atoms with Crippen molar-refractivity contribution in [2.24, 2.45) is 0 Å². The fraction of sp³-hybridized carbons (Fsp3) is 0.250. The zero-order chi connectivity index (χ0) is 23.3. The van der Waals surface area contributed by atoms with Gasteiger partial charge in [0.25, 0.3) is 11.8 Å². The maximum Gasteiger partial charge on any atom is 0.356 e. The van der Waals surface area contributed by atoms with E-state index < -0.39 is 5.97 Å². The number of aromatic carboxylic acids is 1. The van der Waals surface area contributed by atoms with Crippen molar-refractivity contribution in [3.05, 3.63) is 75.6 Å². The van der Waals surface area contributed by atoms with Gasteiger partial charge >= 0.3 is 5.97 Å². The van der Waals surface area contributed by atoms with E-state index in [4.69, 9.17) is 11.6 Å². The Kier molecular flexibility index (Phi) is 5.17. The molecule has 0 spiro atoms. The normalized spacial score (nSPS) is 15.8. The summed E-state index contributed by atoms with van der Waals surface area (Å²) in [5.41, 5.74) is 3.12. The van der Waals surface area contributed by atoms with Crippen LogP contribution in [0.3, 0.4) is 0 Å². The van der Waals surface area contributed by atoms with Gasteiger partial charge in [0.15, 0.2) is 5.69 Å². The van der Waals surface area contributed by atoms with Crippen LogP contribution in [0.5, 0.6) is 0 Å². The Morgan fingerprint density at radius 2 is 1.85 bits per heavy atom. The van der Waals surface area contributed by atoms with E-state index in [1.165, 1.54) is 4.68 Å². The molecule has 0 atom stereocenters. The molecule has 2 amide bonds. The summed E-state index contributed by atoms with van der Waals surface area (Å²) in [6, 6.07) is 12.3. The molecule has 0 bridgehead atoms. The molecule has 2 aromatic carbocycles. The van der Waals surface area contributed by atoms with Crippen molar-refractivity contribution < 1.29 is 19.5 Å². The first-order chi connectivity index (χ1) is 15.8. The van der Waals surface area contributed by atoms with E-state index in [0.717, 1.165) is 18.4 Å². The summed E-state index contributed by atoms with van der Waals surface area (Å²) >= 11 is 6.13. The Morgan fingerprint density at radius 3 is 2.61 bits per heavy atom. The van der Waals surface area contributed by atoms with Crippen LogP contribution in [0.25, 0.3) is 5.69 Å². The van der Waals surface area contributed by atoms with Gasteiger partial charge in [0, 0.05) is 42.0 Å². The van der Waals surface area contributed by atoms with Gasteiger partial charge in [0.2, 0.25) is 0 Å². The largest absolute Gasteiger partial charge is 0.476 e. The maximum absolute atomic E-state index is 13.7. The minimum atomic E-state index is -1.19. The number of carbonyl (C=O) groups is 3. The fourth-order valence-electron chi connectivity index (χ4n) is 4.54. The minimum Gasteiger partial charge on any atom is -0.476 e. The van der Waals surface area contributed by atoms with Gasteiger partial charge in [-0.05, 0) is 55.2 Å². The lowest BCUT2D eigenvalue weighted by atomic mass is 9.99. The topological polar surface area (TPSA) is 95.7 Å². The molecule has 2 aliphatic heterocycles. The Balaban J connectivity index is 1.60. The summed E-state index contributed by atoms with van der Waals surface area (Å²) < 4.78 is 1.35. The SMILES string of the molecule is CN1CCCc2ccc(N3CCc4c(C(=O)O)nn(-c5cccc(Cl)c5)c4C3=O)cc2C1=O. The lowest BCUT2D eigenvalue weighted by Crippen LogP contribution is -2.39. The number of anilines is 1. The molecule has 0 saturated heterocycles. The van der Waals surface area contributed by atoms with Crippen molar-refractivity contribution >= 4 is 35.1 Å². The Bertz CT molecular complexity index is 1320. The molecule has 0 saturated carbocycles. The number of hydrogen-bond acceptors (Lipinski definition) is 4. The van der Waals surface area contributed by atoms with Gasteiger partial charge in [-0.2, -0.15) is 5.10 Å². The zero-order valence-corrected chi connectivity index (χ0v) is 18.7. The second-order valence-corrected chi connectivity index (χ2v) is 8.69. The molecule has 8 nitrogen and oxygen atoms in total. The first kappa shape index (κ1) is 21.2. The standard InChI is InChI=1S/C24H21ClN4O4/c1-27-10-3-4-14-7-8-16(13-19(14)22(27)30)28-11-9-18-20(24(32)33)26-29(21(18)23(28)31)17-6-2-5-15(25)12-17/h2,5-8,12-13H,3-4,9-11H2,1H3,(H,32,33). The van der Waals surface area contributed by atoms with E-state index in [-0.39, 0.29) is 29.7 Å². The lowest BCUT2D eigenvalue weighted by Gasteiger charge is -2.28. The average Bonchev–Trinajstić information content (AvgIpc) is 3.13. The van der Waals surface area contributed by atoms with Gasteiger partial charge in [0.1, 0.15) is 5.69 Å². The van der Waals surface area contributed by atoms with Crippen molar-refractivity contribution in [1.29, 1.82) is 0 Å². The van der Waals surface area contributed by atoms with E-state index in [0.29, 0.717) is 40.5 Å². The van der Waals surface area contributed by atoms with E-state index in [1.807, 2.05) is 12.1 Å². The molecule has 1 aromatic heterocycles. The highest BCUT2D eigenvalue weighted by Crippen LogP contribution is 2.31. The predicted octanol–water partition coefficient (Wildman–Crippen LogP) is 3.45. The maximum atomic E-state index is 13.7. The van der Waals surface area contributed by atoms with Crippen LogP contribution in [-0.4, -0.2) is 57.7 Å². The number of rotatable bonds is 3. The summed E-state index contributed by atoms with van der Waals surface area (Å²) in [5.74, 6) is -1.62. The van der Waals surface area contributed by atoms with Crippen LogP contribution in [0.2, 0.25) is 5.02 Å². The van der Waals surface area contributed by atoms with Crippen molar-refractivity contribution in [3.8, 4) is 5.69 Å². The second-order valence-electron chi connectivity index (χ2n) is 8.25. The monoisotopic (exact) mass is 464 g/mol.